The van der Waals surface area contributed by atoms with Gasteiger partial charge in [-0.2, -0.15) is 0 Å². The quantitative estimate of drug-likeness (QED) is 0.203. The molecule has 108 valence electrons. The van der Waals surface area contributed by atoms with Crippen molar-refractivity contribution in [3.8, 4) is 0 Å². The van der Waals surface area contributed by atoms with E-state index in [0.29, 0.717) is 32.2 Å². The minimum atomic E-state index is -0.767. The zero-order valence-electron chi connectivity index (χ0n) is 11.5. The number of urea groups is 1. The van der Waals surface area contributed by atoms with Crippen LogP contribution in [0.3, 0.4) is 0 Å². The lowest BCUT2D eigenvalue weighted by Gasteiger charge is -2.19. The average molecular weight is 270 g/mol. The average Bonchev–Trinajstić information content (AvgIpc) is 2.61. The smallest absolute Gasteiger partial charge is 0.323 e. The van der Waals surface area contributed by atoms with Gasteiger partial charge in [-0.3, -0.25) is 19.9 Å². The molecule has 1 rings (SSSR count). The van der Waals surface area contributed by atoms with Crippen molar-refractivity contribution in [3.63, 3.8) is 0 Å². The Hall–Kier alpha value is -1.63. The maximum Gasteiger partial charge on any atom is 0.325 e. The third-order valence-electron chi connectivity index (χ3n) is 3.50. The molecule has 1 atom stereocenters. The predicted molar refractivity (Wildman–Crippen MR) is 69.7 cm³/mol. The van der Waals surface area contributed by atoms with E-state index in [9.17, 15) is 14.4 Å². The molecule has 0 bridgehead atoms. The van der Waals surface area contributed by atoms with Gasteiger partial charge in [0.15, 0.2) is 0 Å². The molecule has 1 aliphatic rings. The van der Waals surface area contributed by atoms with Crippen LogP contribution in [0.2, 0.25) is 0 Å². The highest BCUT2D eigenvalue weighted by molar-refractivity contribution is 6.06. The highest BCUT2D eigenvalue weighted by Gasteiger charge is 2.45. The van der Waals surface area contributed by atoms with Gasteiger partial charge in [-0.15, -0.1) is 0 Å². The Morgan fingerprint density at radius 1 is 1.37 bits per heavy atom. The number of imide groups is 1. The number of nitrogens with two attached hydrogens (primary N) is 1. The Kier molecular flexibility index (Phi) is 5.29. The SMILES string of the molecule is CCC1(C)NC(=O)N(CCCCCC(=O)NN)C1=O. The Morgan fingerprint density at radius 2 is 2.05 bits per heavy atom. The van der Waals surface area contributed by atoms with Crippen LogP contribution in [0, 0.1) is 0 Å². The molecule has 19 heavy (non-hydrogen) atoms. The third-order valence-corrected chi connectivity index (χ3v) is 3.50. The van der Waals surface area contributed by atoms with Crippen LogP contribution < -0.4 is 16.6 Å². The van der Waals surface area contributed by atoms with Crippen molar-refractivity contribution >= 4 is 17.8 Å². The first-order chi connectivity index (χ1) is 8.94. The number of amides is 4. The van der Waals surface area contributed by atoms with Crippen molar-refractivity contribution < 1.29 is 14.4 Å². The highest BCUT2D eigenvalue weighted by atomic mass is 16.2. The summed E-state index contributed by atoms with van der Waals surface area (Å²) in [7, 11) is 0. The van der Waals surface area contributed by atoms with Crippen LogP contribution in [0.25, 0.3) is 0 Å². The van der Waals surface area contributed by atoms with E-state index in [0.717, 1.165) is 6.42 Å². The van der Waals surface area contributed by atoms with Crippen molar-refractivity contribution in [3.05, 3.63) is 0 Å². The highest BCUT2D eigenvalue weighted by Crippen LogP contribution is 2.21. The first kappa shape index (κ1) is 15.4. The number of hydrazine groups is 1. The van der Waals surface area contributed by atoms with Gasteiger partial charge in [0.1, 0.15) is 5.54 Å². The second-order valence-electron chi connectivity index (χ2n) is 4.95. The normalized spacial score (nSPS) is 22.6. The van der Waals surface area contributed by atoms with Crippen LogP contribution in [0.4, 0.5) is 4.79 Å². The van der Waals surface area contributed by atoms with Crippen molar-refractivity contribution in [1.82, 2.24) is 15.6 Å². The molecule has 0 aromatic carbocycles. The molecule has 1 aliphatic heterocycles. The van der Waals surface area contributed by atoms with Gasteiger partial charge in [0.2, 0.25) is 5.91 Å². The molecule has 0 aromatic heterocycles. The van der Waals surface area contributed by atoms with Gasteiger partial charge in [0, 0.05) is 13.0 Å². The Balaban J connectivity index is 2.32. The number of hydrogen-bond acceptors (Lipinski definition) is 4. The maximum absolute atomic E-state index is 12.0. The summed E-state index contributed by atoms with van der Waals surface area (Å²) in [5, 5.41) is 2.70. The molecule has 4 N–H and O–H groups in total. The van der Waals surface area contributed by atoms with Gasteiger partial charge in [-0.1, -0.05) is 13.3 Å². The summed E-state index contributed by atoms with van der Waals surface area (Å²) in [6.45, 7) is 4.00. The van der Waals surface area contributed by atoms with Gasteiger partial charge in [-0.05, 0) is 26.2 Å². The van der Waals surface area contributed by atoms with Crippen molar-refractivity contribution in [2.75, 3.05) is 6.54 Å². The van der Waals surface area contributed by atoms with E-state index >= 15 is 0 Å². The number of hydrogen-bond donors (Lipinski definition) is 3. The van der Waals surface area contributed by atoms with Gasteiger partial charge in [0.25, 0.3) is 5.91 Å². The fourth-order valence-corrected chi connectivity index (χ4v) is 1.99. The minimum absolute atomic E-state index is 0.167. The minimum Gasteiger partial charge on any atom is -0.323 e. The number of carbonyl (C=O) groups excluding carboxylic acids is 3. The molecule has 0 spiro atoms. The summed E-state index contributed by atoms with van der Waals surface area (Å²) < 4.78 is 0. The monoisotopic (exact) mass is 270 g/mol. The fraction of sp³-hybridized carbons (Fsp3) is 0.750. The van der Waals surface area contributed by atoms with E-state index in [1.807, 2.05) is 6.92 Å². The van der Waals surface area contributed by atoms with Gasteiger partial charge >= 0.3 is 6.03 Å². The fourth-order valence-electron chi connectivity index (χ4n) is 1.99. The molecule has 1 fully saturated rings. The molecule has 0 aliphatic carbocycles. The van der Waals surface area contributed by atoms with Crippen LogP contribution in [0.5, 0.6) is 0 Å². The van der Waals surface area contributed by atoms with E-state index in [1.165, 1.54) is 4.90 Å². The van der Waals surface area contributed by atoms with Crippen LogP contribution in [-0.2, 0) is 9.59 Å². The maximum atomic E-state index is 12.0. The second-order valence-corrected chi connectivity index (χ2v) is 4.95. The Bertz CT molecular complexity index is 372. The number of unbranched alkanes of at least 4 members (excludes halogenated alkanes) is 2. The lowest BCUT2D eigenvalue weighted by atomic mass is 9.99. The lowest BCUT2D eigenvalue weighted by molar-refractivity contribution is -0.131. The first-order valence-corrected chi connectivity index (χ1v) is 6.58. The number of nitrogens with zero attached hydrogens (tertiary/aromatic N) is 1. The number of rotatable bonds is 7. The van der Waals surface area contributed by atoms with Crippen LogP contribution in [0.15, 0.2) is 0 Å². The van der Waals surface area contributed by atoms with Crippen molar-refractivity contribution in [1.29, 1.82) is 0 Å². The topological polar surface area (TPSA) is 105 Å². The van der Waals surface area contributed by atoms with E-state index in [1.54, 1.807) is 6.92 Å². The number of carbonyl (C=O) groups is 3. The molecule has 4 amide bonds. The summed E-state index contributed by atoms with van der Waals surface area (Å²) >= 11 is 0. The molecule has 1 heterocycles. The molecule has 7 heteroatoms. The van der Waals surface area contributed by atoms with E-state index in [-0.39, 0.29) is 17.8 Å². The molecule has 0 aromatic rings. The second kappa shape index (κ2) is 6.51. The summed E-state index contributed by atoms with van der Waals surface area (Å²) in [5.74, 6) is 4.60. The zero-order chi connectivity index (χ0) is 14.5. The van der Waals surface area contributed by atoms with E-state index in [4.69, 9.17) is 5.84 Å². The zero-order valence-corrected chi connectivity index (χ0v) is 11.5. The van der Waals surface area contributed by atoms with Gasteiger partial charge in [0.05, 0.1) is 0 Å². The summed E-state index contributed by atoms with van der Waals surface area (Å²) in [6, 6.07) is -0.325. The first-order valence-electron chi connectivity index (χ1n) is 6.58. The Labute approximate surface area is 112 Å². The van der Waals surface area contributed by atoms with Crippen molar-refractivity contribution in [2.45, 2.75) is 51.5 Å². The van der Waals surface area contributed by atoms with Crippen LogP contribution >= 0.6 is 0 Å². The third kappa shape index (κ3) is 3.66. The molecule has 7 nitrogen and oxygen atoms in total. The molecule has 0 saturated carbocycles. The number of nitrogens with one attached hydrogen (secondary N) is 2. The van der Waals surface area contributed by atoms with Gasteiger partial charge in [-0.25, -0.2) is 10.6 Å². The Morgan fingerprint density at radius 3 is 2.58 bits per heavy atom. The molecule has 0 radical (unpaired) electrons. The van der Waals surface area contributed by atoms with E-state index in [2.05, 4.69) is 10.7 Å². The van der Waals surface area contributed by atoms with E-state index < -0.39 is 5.54 Å². The summed E-state index contributed by atoms with van der Waals surface area (Å²) in [6.07, 6.45) is 3.09. The standard InChI is InChI=1S/C12H22N4O3/c1-3-12(2)10(18)16(11(19)14-12)8-6-4-5-7-9(17)15-13/h3-8,13H2,1-2H3,(H,14,19)(H,15,17). The largest absolute Gasteiger partial charge is 0.325 e. The van der Waals surface area contributed by atoms with Gasteiger partial charge < -0.3 is 5.32 Å². The molecule has 1 unspecified atom stereocenters. The van der Waals surface area contributed by atoms with Crippen LogP contribution in [-0.4, -0.2) is 34.8 Å². The predicted octanol–water partition coefficient (Wildman–Crippen LogP) is 0.257. The molecular weight excluding hydrogens is 248 g/mol. The summed E-state index contributed by atoms with van der Waals surface area (Å²) in [4.78, 5) is 35.9. The molecular formula is C12H22N4O3. The lowest BCUT2D eigenvalue weighted by Crippen LogP contribution is -2.43. The van der Waals surface area contributed by atoms with Crippen molar-refractivity contribution in [2.24, 2.45) is 5.84 Å². The van der Waals surface area contributed by atoms with Crippen LogP contribution in [0.1, 0.15) is 46.0 Å². The summed E-state index contributed by atoms with van der Waals surface area (Å²) in [5.41, 5.74) is 1.29. The molecule has 1 saturated heterocycles.